The summed E-state index contributed by atoms with van der Waals surface area (Å²) in [5.74, 6) is 0.852. The van der Waals surface area contributed by atoms with Crippen LogP contribution in [0.4, 0.5) is 5.82 Å². The summed E-state index contributed by atoms with van der Waals surface area (Å²) in [5.41, 5.74) is 6.69. The lowest BCUT2D eigenvalue weighted by atomic mass is 10.0. The van der Waals surface area contributed by atoms with Crippen molar-refractivity contribution in [2.24, 2.45) is 0 Å². The normalized spacial score (nSPS) is 11.1. The van der Waals surface area contributed by atoms with E-state index in [1.54, 1.807) is 11.3 Å². The molecule has 2 nitrogen and oxygen atoms in total. The topological polar surface area (TPSA) is 24.9 Å². The largest absolute Gasteiger partial charge is 0.339 e. The van der Waals surface area contributed by atoms with Gasteiger partial charge < -0.3 is 5.32 Å². The summed E-state index contributed by atoms with van der Waals surface area (Å²) in [7, 11) is 0. The SMILES string of the molecule is C=C(Nc1nc(C)c(C)c(C)c1C)c1sc2cc(C)ccc2c1Cl. The maximum Gasteiger partial charge on any atom is 0.133 e. The van der Waals surface area contributed by atoms with Crippen LogP contribution >= 0.6 is 22.9 Å². The van der Waals surface area contributed by atoms with Crippen LogP contribution in [-0.2, 0) is 0 Å². The zero-order chi connectivity index (χ0) is 17.6. The highest BCUT2D eigenvalue weighted by Crippen LogP contribution is 2.39. The molecular weight excluding hydrogens is 336 g/mol. The predicted octanol–water partition coefficient (Wildman–Crippen LogP) is 6.57. The average Bonchev–Trinajstić information content (AvgIpc) is 2.86. The van der Waals surface area contributed by atoms with E-state index in [2.05, 4.69) is 62.8 Å². The van der Waals surface area contributed by atoms with Crippen molar-refractivity contribution in [3.8, 4) is 0 Å². The number of hydrogen-bond donors (Lipinski definition) is 1. The molecule has 0 atom stereocenters. The number of nitrogens with zero attached hydrogens (tertiary/aromatic N) is 1. The van der Waals surface area contributed by atoms with E-state index >= 15 is 0 Å². The summed E-state index contributed by atoms with van der Waals surface area (Å²) in [4.78, 5) is 5.65. The Morgan fingerprint density at radius 2 is 1.79 bits per heavy atom. The van der Waals surface area contributed by atoms with E-state index in [1.165, 1.54) is 21.4 Å². The van der Waals surface area contributed by atoms with Gasteiger partial charge in [0.05, 0.1) is 15.6 Å². The highest BCUT2D eigenvalue weighted by atomic mass is 35.5. The van der Waals surface area contributed by atoms with E-state index in [9.17, 15) is 0 Å². The van der Waals surface area contributed by atoms with E-state index in [4.69, 9.17) is 11.6 Å². The van der Waals surface area contributed by atoms with Gasteiger partial charge >= 0.3 is 0 Å². The van der Waals surface area contributed by atoms with E-state index < -0.39 is 0 Å². The number of fused-ring (bicyclic) bond motifs is 1. The average molecular weight is 357 g/mol. The number of pyridine rings is 1. The molecule has 0 saturated heterocycles. The molecule has 0 spiro atoms. The number of anilines is 1. The van der Waals surface area contributed by atoms with Gasteiger partial charge in [-0.05, 0) is 62.9 Å². The molecule has 2 heterocycles. The number of nitrogens with one attached hydrogen (secondary N) is 1. The Labute approximate surface area is 152 Å². The number of aromatic nitrogens is 1. The molecule has 24 heavy (non-hydrogen) atoms. The summed E-state index contributed by atoms with van der Waals surface area (Å²) in [5, 5.41) is 5.20. The van der Waals surface area contributed by atoms with Gasteiger partial charge in [-0.1, -0.05) is 30.3 Å². The van der Waals surface area contributed by atoms with Crippen LogP contribution in [0, 0.1) is 34.6 Å². The first-order chi connectivity index (χ1) is 11.3. The molecular formula is C20H21ClN2S. The van der Waals surface area contributed by atoms with E-state index in [0.717, 1.165) is 38.1 Å². The molecule has 0 fully saturated rings. The van der Waals surface area contributed by atoms with Crippen LogP contribution in [0.15, 0.2) is 24.8 Å². The molecule has 1 aromatic carbocycles. The Hall–Kier alpha value is -1.84. The minimum atomic E-state index is 0.755. The fraction of sp³-hybridized carbons (Fsp3) is 0.250. The summed E-state index contributed by atoms with van der Waals surface area (Å²) < 4.78 is 1.18. The zero-order valence-corrected chi connectivity index (χ0v) is 16.2. The van der Waals surface area contributed by atoms with Crippen LogP contribution in [0.1, 0.15) is 32.8 Å². The molecule has 0 saturated carbocycles. The monoisotopic (exact) mass is 356 g/mol. The fourth-order valence-electron chi connectivity index (χ4n) is 2.75. The number of thiophene rings is 1. The van der Waals surface area contributed by atoms with Crippen molar-refractivity contribution in [3.63, 3.8) is 0 Å². The highest BCUT2D eigenvalue weighted by molar-refractivity contribution is 7.20. The van der Waals surface area contributed by atoms with Crippen LogP contribution < -0.4 is 5.32 Å². The Balaban J connectivity index is 2.01. The second-order valence-electron chi connectivity index (χ2n) is 6.27. The standard InChI is InChI=1S/C20H21ClN2S/c1-10-7-8-16-17(9-10)24-19(18(16)21)15(6)23-20-13(4)11(2)12(3)14(5)22-20/h7-9H,6H2,1-5H3,(H,22,23). The zero-order valence-electron chi connectivity index (χ0n) is 14.7. The molecule has 0 amide bonds. The van der Waals surface area contributed by atoms with Gasteiger partial charge in [0.15, 0.2) is 0 Å². The lowest BCUT2D eigenvalue weighted by Crippen LogP contribution is -2.05. The first-order valence-electron chi connectivity index (χ1n) is 7.89. The Bertz CT molecular complexity index is 970. The summed E-state index contributed by atoms with van der Waals surface area (Å²) in [6.07, 6.45) is 0. The molecule has 0 radical (unpaired) electrons. The van der Waals surface area contributed by atoms with Crippen LogP contribution in [0.2, 0.25) is 5.02 Å². The molecule has 2 aromatic heterocycles. The second-order valence-corrected chi connectivity index (χ2v) is 7.70. The van der Waals surface area contributed by atoms with Crippen LogP contribution in [0.5, 0.6) is 0 Å². The van der Waals surface area contributed by atoms with Crippen molar-refractivity contribution in [2.75, 3.05) is 5.32 Å². The molecule has 4 heteroatoms. The number of benzene rings is 1. The van der Waals surface area contributed by atoms with Crippen molar-refractivity contribution in [2.45, 2.75) is 34.6 Å². The molecule has 0 bridgehead atoms. The molecule has 0 unspecified atom stereocenters. The first kappa shape index (κ1) is 17.0. The number of aryl methyl sites for hydroxylation is 2. The molecule has 3 rings (SSSR count). The number of rotatable bonds is 3. The number of hydrogen-bond acceptors (Lipinski definition) is 3. The lowest BCUT2D eigenvalue weighted by molar-refractivity contribution is 1.09. The van der Waals surface area contributed by atoms with Crippen molar-refractivity contribution in [3.05, 3.63) is 62.6 Å². The molecule has 0 aliphatic heterocycles. The Morgan fingerprint density at radius 3 is 2.50 bits per heavy atom. The van der Waals surface area contributed by atoms with Gasteiger partial charge in [-0.3, -0.25) is 0 Å². The number of halogens is 1. The molecule has 0 aliphatic carbocycles. The maximum absolute atomic E-state index is 6.59. The molecule has 0 aliphatic rings. The maximum atomic E-state index is 6.59. The van der Waals surface area contributed by atoms with Gasteiger partial charge in [-0.2, -0.15) is 0 Å². The lowest BCUT2D eigenvalue weighted by Gasteiger charge is -2.15. The Kier molecular flexibility index (Phi) is 4.41. The third kappa shape index (κ3) is 2.83. The minimum Gasteiger partial charge on any atom is -0.339 e. The van der Waals surface area contributed by atoms with Crippen molar-refractivity contribution < 1.29 is 0 Å². The molecule has 124 valence electrons. The van der Waals surface area contributed by atoms with Gasteiger partial charge in [0.1, 0.15) is 5.82 Å². The minimum absolute atomic E-state index is 0.755. The summed E-state index contributed by atoms with van der Waals surface area (Å²) in [6.45, 7) is 14.6. The second kappa shape index (κ2) is 6.23. The van der Waals surface area contributed by atoms with Crippen LogP contribution in [0.25, 0.3) is 15.8 Å². The predicted molar refractivity (Wildman–Crippen MR) is 107 cm³/mol. The molecule has 3 aromatic rings. The third-order valence-corrected chi connectivity index (χ3v) is 6.35. The van der Waals surface area contributed by atoms with Crippen molar-refractivity contribution in [1.82, 2.24) is 4.98 Å². The van der Waals surface area contributed by atoms with Gasteiger partial charge in [0.2, 0.25) is 0 Å². The summed E-state index contributed by atoms with van der Waals surface area (Å²) >= 11 is 8.25. The highest BCUT2D eigenvalue weighted by Gasteiger charge is 2.15. The quantitative estimate of drug-likeness (QED) is 0.573. The fourth-order valence-corrected chi connectivity index (χ4v) is 4.32. The van der Waals surface area contributed by atoms with Crippen molar-refractivity contribution >= 4 is 44.5 Å². The van der Waals surface area contributed by atoms with Crippen LogP contribution in [0.3, 0.4) is 0 Å². The van der Waals surface area contributed by atoms with E-state index in [-0.39, 0.29) is 0 Å². The smallest absolute Gasteiger partial charge is 0.133 e. The Morgan fingerprint density at radius 1 is 1.08 bits per heavy atom. The van der Waals surface area contributed by atoms with E-state index in [0.29, 0.717) is 0 Å². The van der Waals surface area contributed by atoms with Gasteiger partial charge in [0.25, 0.3) is 0 Å². The van der Waals surface area contributed by atoms with Gasteiger partial charge in [-0.15, -0.1) is 11.3 Å². The van der Waals surface area contributed by atoms with Crippen molar-refractivity contribution in [1.29, 1.82) is 0 Å². The third-order valence-electron chi connectivity index (χ3n) is 4.63. The van der Waals surface area contributed by atoms with Gasteiger partial charge in [0, 0.05) is 15.8 Å². The van der Waals surface area contributed by atoms with E-state index in [1.807, 2.05) is 6.92 Å². The van der Waals surface area contributed by atoms with Gasteiger partial charge in [-0.25, -0.2) is 4.98 Å². The molecule has 1 N–H and O–H groups in total. The summed E-state index contributed by atoms with van der Waals surface area (Å²) in [6, 6.07) is 6.32. The van der Waals surface area contributed by atoms with Crippen LogP contribution in [-0.4, -0.2) is 4.98 Å². The first-order valence-corrected chi connectivity index (χ1v) is 9.08.